The summed E-state index contributed by atoms with van der Waals surface area (Å²) in [7, 11) is 0. The molecule has 0 aromatic heterocycles. The Morgan fingerprint density at radius 1 is 1.45 bits per heavy atom. The third kappa shape index (κ3) is 1.91. The first-order valence-electron chi connectivity index (χ1n) is 3.74. The van der Waals surface area contributed by atoms with Gasteiger partial charge in [-0.3, -0.25) is 4.79 Å². The van der Waals surface area contributed by atoms with Crippen LogP contribution in [0.5, 0.6) is 0 Å². The number of carbonyl (C=O) groups is 1. The van der Waals surface area contributed by atoms with E-state index in [-0.39, 0.29) is 11.9 Å². The van der Waals surface area contributed by atoms with E-state index in [9.17, 15) is 9.90 Å². The second-order valence-corrected chi connectivity index (χ2v) is 2.94. The van der Waals surface area contributed by atoms with Crippen molar-refractivity contribution in [1.82, 2.24) is 5.32 Å². The number of carbonyl (C=O) groups excluding carboxylic acids is 1. The Labute approximate surface area is 65.2 Å². The molecule has 0 radical (unpaired) electrons. The molecule has 1 aliphatic carbocycles. The van der Waals surface area contributed by atoms with Crippen molar-refractivity contribution in [2.45, 2.75) is 38.0 Å². The number of aliphatic hydroxyl groups excluding tert-OH is 2. The normalized spacial score (nSPS) is 37.2. The fraction of sp³-hybridized carbons (Fsp3) is 0.857. The molecule has 0 heterocycles. The van der Waals surface area contributed by atoms with Crippen LogP contribution in [0, 0.1) is 0 Å². The molecule has 0 saturated heterocycles. The fourth-order valence-corrected chi connectivity index (χ4v) is 1.38. The Bertz CT molecular complexity index is 160. The molecule has 1 rings (SSSR count). The van der Waals surface area contributed by atoms with Crippen LogP contribution in [0.3, 0.4) is 0 Å². The average molecular weight is 159 g/mol. The zero-order valence-electron chi connectivity index (χ0n) is 6.45. The van der Waals surface area contributed by atoms with Gasteiger partial charge >= 0.3 is 0 Å². The van der Waals surface area contributed by atoms with Crippen molar-refractivity contribution in [3.63, 3.8) is 0 Å². The van der Waals surface area contributed by atoms with E-state index in [0.717, 1.165) is 0 Å². The number of hydrogen-bond acceptors (Lipinski definition) is 3. The van der Waals surface area contributed by atoms with E-state index in [1.807, 2.05) is 0 Å². The topological polar surface area (TPSA) is 69.6 Å². The summed E-state index contributed by atoms with van der Waals surface area (Å²) >= 11 is 0. The summed E-state index contributed by atoms with van der Waals surface area (Å²) in [6.07, 6.45) is -0.251. The molecule has 1 saturated carbocycles. The van der Waals surface area contributed by atoms with Crippen molar-refractivity contribution in [2.75, 3.05) is 0 Å². The largest absolute Gasteiger partial charge is 0.390 e. The molecule has 3 N–H and O–H groups in total. The highest BCUT2D eigenvalue weighted by atomic mass is 16.3. The fourth-order valence-electron chi connectivity index (χ4n) is 1.38. The molecule has 0 unspecified atom stereocenters. The molecule has 3 atom stereocenters. The maximum Gasteiger partial charge on any atom is 0.217 e. The van der Waals surface area contributed by atoms with E-state index in [2.05, 4.69) is 5.32 Å². The minimum atomic E-state index is -0.793. The van der Waals surface area contributed by atoms with Crippen LogP contribution in [0.15, 0.2) is 0 Å². The summed E-state index contributed by atoms with van der Waals surface area (Å²) in [5.74, 6) is -0.164. The number of nitrogens with one attached hydrogen (secondary N) is 1. The Kier molecular flexibility index (Phi) is 2.46. The Balaban J connectivity index is 2.42. The van der Waals surface area contributed by atoms with E-state index in [0.29, 0.717) is 12.8 Å². The molecular formula is C7H13NO3. The molecule has 64 valence electrons. The van der Waals surface area contributed by atoms with Crippen LogP contribution in [0.1, 0.15) is 19.8 Å². The van der Waals surface area contributed by atoms with Gasteiger partial charge < -0.3 is 15.5 Å². The summed E-state index contributed by atoms with van der Waals surface area (Å²) in [6, 6.07) is -0.262. The predicted octanol–water partition coefficient (Wildman–Crippen LogP) is -0.993. The first-order valence-corrected chi connectivity index (χ1v) is 3.74. The lowest BCUT2D eigenvalue weighted by Gasteiger charge is -2.16. The Morgan fingerprint density at radius 2 is 2.09 bits per heavy atom. The summed E-state index contributed by atoms with van der Waals surface area (Å²) < 4.78 is 0. The van der Waals surface area contributed by atoms with Crippen molar-refractivity contribution in [2.24, 2.45) is 0 Å². The van der Waals surface area contributed by atoms with Crippen LogP contribution in [0.2, 0.25) is 0 Å². The van der Waals surface area contributed by atoms with Crippen molar-refractivity contribution >= 4 is 5.91 Å². The average Bonchev–Trinajstić information content (AvgIpc) is 2.18. The molecule has 1 amide bonds. The summed E-state index contributed by atoms with van der Waals surface area (Å²) in [4.78, 5) is 10.5. The van der Waals surface area contributed by atoms with Crippen molar-refractivity contribution in [3.8, 4) is 0 Å². The van der Waals surface area contributed by atoms with Crippen LogP contribution in [-0.2, 0) is 4.79 Å². The monoisotopic (exact) mass is 159 g/mol. The first-order chi connectivity index (χ1) is 5.11. The molecule has 1 aliphatic rings. The van der Waals surface area contributed by atoms with Gasteiger partial charge in [-0.25, -0.2) is 0 Å². The lowest BCUT2D eigenvalue weighted by molar-refractivity contribution is -0.120. The minimum absolute atomic E-state index is 0.164. The van der Waals surface area contributed by atoms with Gasteiger partial charge in [0.1, 0.15) is 0 Å². The maximum atomic E-state index is 10.5. The quantitative estimate of drug-likeness (QED) is 0.460. The van der Waals surface area contributed by atoms with Crippen molar-refractivity contribution in [1.29, 1.82) is 0 Å². The molecule has 0 spiro atoms. The van der Waals surface area contributed by atoms with E-state index in [1.165, 1.54) is 6.92 Å². The van der Waals surface area contributed by atoms with E-state index >= 15 is 0 Å². The highest BCUT2D eigenvalue weighted by molar-refractivity contribution is 5.73. The summed E-state index contributed by atoms with van der Waals surface area (Å²) in [6.45, 7) is 1.40. The van der Waals surface area contributed by atoms with Crippen LogP contribution >= 0.6 is 0 Å². The standard InChI is InChI=1S/C7H13NO3/c1-4(9)8-5-2-3-6(10)7(5)11/h5-7,10-11H,2-3H2,1H3,(H,8,9)/t5-,6-,7+/m1/s1. The van der Waals surface area contributed by atoms with Gasteiger partial charge in [-0.2, -0.15) is 0 Å². The van der Waals surface area contributed by atoms with E-state index in [1.54, 1.807) is 0 Å². The van der Waals surface area contributed by atoms with Gasteiger partial charge in [0.05, 0.1) is 18.2 Å². The second-order valence-electron chi connectivity index (χ2n) is 2.94. The van der Waals surface area contributed by atoms with E-state index in [4.69, 9.17) is 5.11 Å². The molecule has 0 aliphatic heterocycles. The number of rotatable bonds is 1. The highest BCUT2D eigenvalue weighted by Crippen LogP contribution is 2.19. The second kappa shape index (κ2) is 3.19. The maximum absolute atomic E-state index is 10.5. The van der Waals surface area contributed by atoms with Crippen LogP contribution in [0.25, 0.3) is 0 Å². The number of hydrogen-bond donors (Lipinski definition) is 3. The van der Waals surface area contributed by atoms with Crippen molar-refractivity contribution in [3.05, 3.63) is 0 Å². The summed E-state index contributed by atoms with van der Waals surface area (Å²) in [5, 5.41) is 20.9. The third-order valence-electron chi connectivity index (χ3n) is 1.97. The zero-order valence-corrected chi connectivity index (χ0v) is 6.45. The first kappa shape index (κ1) is 8.49. The van der Waals surface area contributed by atoms with Crippen LogP contribution in [0.4, 0.5) is 0 Å². The Morgan fingerprint density at radius 3 is 2.45 bits per heavy atom. The molecule has 1 fully saturated rings. The Hall–Kier alpha value is -0.610. The predicted molar refractivity (Wildman–Crippen MR) is 38.9 cm³/mol. The summed E-state index contributed by atoms with van der Waals surface area (Å²) in [5.41, 5.74) is 0. The van der Waals surface area contributed by atoms with Crippen LogP contribution in [-0.4, -0.2) is 34.4 Å². The molecule has 4 nitrogen and oxygen atoms in total. The van der Waals surface area contributed by atoms with Crippen molar-refractivity contribution < 1.29 is 15.0 Å². The smallest absolute Gasteiger partial charge is 0.217 e. The zero-order chi connectivity index (χ0) is 8.43. The SMILES string of the molecule is CC(=O)N[C@@H]1CC[C@@H](O)[C@H]1O. The molecule has 0 aromatic rings. The minimum Gasteiger partial charge on any atom is -0.390 e. The molecule has 4 heteroatoms. The molecule has 0 bridgehead atoms. The van der Waals surface area contributed by atoms with Gasteiger partial charge in [-0.05, 0) is 12.8 Å². The van der Waals surface area contributed by atoms with E-state index < -0.39 is 12.2 Å². The molecule has 11 heavy (non-hydrogen) atoms. The number of aliphatic hydroxyl groups is 2. The van der Waals surface area contributed by atoms with Gasteiger partial charge in [0.15, 0.2) is 0 Å². The van der Waals surface area contributed by atoms with Gasteiger partial charge in [-0.1, -0.05) is 0 Å². The van der Waals surface area contributed by atoms with Gasteiger partial charge in [0, 0.05) is 6.92 Å². The highest BCUT2D eigenvalue weighted by Gasteiger charge is 2.33. The molecular weight excluding hydrogens is 146 g/mol. The van der Waals surface area contributed by atoms with Gasteiger partial charge in [0.2, 0.25) is 5.91 Å². The lowest BCUT2D eigenvalue weighted by atomic mass is 10.2. The van der Waals surface area contributed by atoms with Gasteiger partial charge in [0.25, 0.3) is 0 Å². The van der Waals surface area contributed by atoms with Gasteiger partial charge in [-0.15, -0.1) is 0 Å². The third-order valence-corrected chi connectivity index (χ3v) is 1.97. The molecule has 0 aromatic carbocycles. The lowest BCUT2D eigenvalue weighted by Crippen LogP contribution is -2.41. The number of amides is 1. The van der Waals surface area contributed by atoms with Crippen LogP contribution < -0.4 is 5.32 Å².